The fourth-order valence-corrected chi connectivity index (χ4v) is 2.74. The normalized spacial score (nSPS) is 20.6. The maximum absolute atomic E-state index is 12.2. The van der Waals surface area contributed by atoms with Crippen molar-refractivity contribution in [2.45, 2.75) is 51.3 Å². The molecule has 1 N–H and O–H groups in total. The molecular weight excluding hydrogens is 232 g/mol. The van der Waals surface area contributed by atoms with E-state index in [2.05, 4.69) is 37.9 Å². The van der Waals surface area contributed by atoms with Crippen LogP contribution in [-0.2, 0) is 4.79 Å². The number of amides is 1. The summed E-state index contributed by atoms with van der Waals surface area (Å²) in [6.07, 6.45) is 2.15. The van der Waals surface area contributed by atoms with Crippen molar-refractivity contribution in [3.05, 3.63) is 0 Å². The first kappa shape index (κ1) is 14.8. The lowest BCUT2D eigenvalue weighted by atomic mass is 10.2. The van der Waals surface area contributed by atoms with Crippen molar-refractivity contribution in [2.75, 3.05) is 25.4 Å². The molecule has 1 amide bonds. The minimum atomic E-state index is 0.168. The molecule has 0 aromatic heterocycles. The molecular formula is C13H26N2OS. The first-order valence-corrected chi connectivity index (χ1v) is 7.56. The van der Waals surface area contributed by atoms with Crippen LogP contribution >= 0.6 is 11.8 Å². The van der Waals surface area contributed by atoms with Crippen LogP contribution in [0, 0.1) is 0 Å². The zero-order chi connectivity index (χ0) is 12.9. The van der Waals surface area contributed by atoms with E-state index < -0.39 is 0 Å². The third kappa shape index (κ3) is 5.30. The van der Waals surface area contributed by atoms with Gasteiger partial charge in [0.25, 0.3) is 0 Å². The summed E-state index contributed by atoms with van der Waals surface area (Å²) < 4.78 is 0.168. The molecule has 100 valence electrons. The Labute approximate surface area is 110 Å². The van der Waals surface area contributed by atoms with Crippen molar-refractivity contribution in [1.29, 1.82) is 0 Å². The van der Waals surface area contributed by atoms with Gasteiger partial charge in [-0.3, -0.25) is 4.79 Å². The number of nitrogens with one attached hydrogen (secondary N) is 1. The molecule has 1 aliphatic heterocycles. The molecule has 0 radical (unpaired) electrons. The predicted molar refractivity (Wildman–Crippen MR) is 75.5 cm³/mol. The molecule has 0 aliphatic carbocycles. The summed E-state index contributed by atoms with van der Waals surface area (Å²) in [5, 5.41) is 3.34. The van der Waals surface area contributed by atoms with Crippen LogP contribution in [0.4, 0.5) is 0 Å². The Bertz CT molecular complexity index is 244. The Morgan fingerprint density at radius 1 is 1.47 bits per heavy atom. The van der Waals surface area contributed by atoms with Gasteiger partial charge < -0.3 is 10.2 Å². The highest BCUT2D eigenvalue weighted by Crippen LogP contribution is 2.24. The molecule has 0 aromatic carbocycles. The second kappa shape index (κ2) is 6.64. The van der Waals surface area contributed by atoms with Gasteiger partial charge in [0.05, 0.1) is 5.75 Å². The van der Waals surface area contributed by atoms with Gasteiger partial charge in [-0.1, -0.05) is 27.7 Å². The van der Waals surface area contributed by atoms with Gasteiger partial charge in [0, 0.05) is 23.9 Å². The Balaban J connectivity index is 2.48. The van der Waals surface area contributed by atoms with Gasteiger partial charge in [0.1, 0.15) is 0 Å². The van der Waals surface area contributed by atoms with Crippen LogP contribution in [0.2, 0.25) is 0 Å². The number of rotatable bonds is 5. The molecule has 17 heavy (non-hydrogen) atoms. The number of nitrogens with zero attached hydrogens (tertiary/aromatic N) is 1. The average Bonchev–Trinajstić information content (AvgIpc) is 2.74. The summed E-state index contributed by atoms with van der Waals surface area (Å²) in [6.45, 7) is 11.5. The van der Waals surface area contributed by atoms with Gasteiger partial charge in [-0.25, -0.2) is 0 Å². The molecule has 0 spiro atoms. The fourth-order valence-electron chi connectivity index (χ4n) is 2.02. The molecule has 1 saturated heterocycles. The molecule has 1 fully saturated rings. The highest BCUT2D eigenvalue weighted by Gasteiger charge is 2.26. The minimum Gasteiger partial charge on any atom is -0.338 e. The Morgan fingerprint density at radius 3 is 2.65 bits per heavy atom. The molecule has 0 saturated carbocycles. The molecule has 1 unspecified atom stereocenters. The molecule has 0 bridgehead atoms. The van der Waals surface area contributed by atoms with Gasteiger partial charge >= 0.3 is 0 Å². The third-order valence-electron chi connectivity index (χ3n) is 2.89. The monoisotopic (exact) mass is 258 g/mol. The molecule has 1 rings (SSSR count). The molecule has 0 aromatic rings. The summed E-state index contributed by atoms with van der Waals surface area (Å²) in [5.41, 5.74) is 0. The third-order valence-corrected chi connectivity index (χ3v) is 4.15. The van der Waals surface area contributed by atoms with Crippen LogP contribution in [0.5, 0.6) is 0 Å². The highest BCUT2D eigenvalue weighted by molar-refractivity contribution is 8.01. The summed E-state index contributed by atoms with van der Waals surface area (Å²) in [7, 11) is 0. The van der Waals surface area contributed by atoms with Crippen molar-refractivity contribution in [3.8, 4) is 0 Å². The second-order valence-corrected chi connectivity index (χ2v) is 7.44. The molecule has 1 atom stereocenters. The standard InChI is InChI=1S/C13H26N2OS/c1-5-8-15(11-6-7-14-9-11)12(16)10-17-13(2,3)4/h11,14H,5-10H2,1-4H3. The Hall–Kier alpha value is -0.220. The predicted octanol–water partition coefficient (Wildman–Crippen LogP) is 2.12. The number of hydrogen-bond donors (Lipinski definition) is 1. The SMILES string of the molecule is CCCN(C(=O)CSC(C)(C)C)C1CCNC1. The lowest BCUT2D eigenvalue weighted by molar-refractivity contribution is -0.130. The van der Waals surface area contributed by atoms with Crippen molar-refractivity contribution < 1.29 is 4.79 Å². The Kier molecular flexibility index (Phi) is 5.80. The van der Waals surface area contributed by atoms with Gasteiger partial charge in [-0.05, 0) is 19.4 Å². The zero-order valence-corrected chi connectivity index (χ0v) is 12.4. The lowest BCUT2D eigenvalue weighted by Gasteiger charge is -2.29. The number of carbonyl (C=O) groups excluding carboxylic acids is 1. The van der Waals surface area contributed by atoms with Crippen LogP contribution in [0.1, 0.15) is 40.5 Å². The van der Waals surface area contributed by atoms with E-state index in [1.165, 1.54) is 0 Å². The van der Waals surface area contributed by atoms with Crippen LogP contribution in [-0.4, -0.2) is 47.0 Å². The zero-order valence-electron chi connectivity index (χ0n) is 11.6. The topological polar surface area (TPSA) is 32.3 Å². The number of thioether (sulfide) groups is 1. The van der Waals surface area contributed by atoms with Crippen molar-refractivity contribution in [2.24, 2.45) is 0 Å². The maximum atomic E-state index is 12.2. The van der Waals surface area contributed by atoms with Crippen molar-refractivity contribution >= 4 is 17.7 Å². The minimum absolute atomic E-state index is 0.168. The first-order valence-electron chi connectivity index (χ1n) is 6.58. The summed E-state index contributed by atoms with van der Waals surface area (Å²) in [6, 6.07) is 0.419. The van der Waals surface area contributed by atoms with Crippen LogP contribution < -0.4 is 5.32 Å². The van der Waals surface area contributed by atoms with E-state index in [0.717, 1.165) is 32.5 Å². The Morgan fingerprint density at radius 2 is 2.18 bits per heavy atom. The van der Waals surface area contributed by atoms with E-state index in [1.807, 2.05) is 0 Å². The number of hydrogen-bond acceptors (Lipinski definition) is 3. The van der Waals surface area contributed by atoms with E-state index in [0.29, 0.717) is 17.7 Å². The molecule has 1 aliphatic rings. The molecule has 4 heteroatoms. The molecule has 1 heterocycles. The largest absolute Gasteiger partial charge is 0.338 e. The van der Waals surface area contributed by atoms with Crippen LogP contribution in [0.25, 0.3) is 0 Å². The highest BCUT2D eigenvalue weighted by atomic mass is 32.2. The first-order chi connectivity index (χ1) is 7.94. The second-order valence-electron chi connectivity index (χ2n) is 5.63. The summed E-state index contributed by atoms with van der Waals surface area (Å²) in [5.74, 6) is 0.917. The average molecular weight is 258 g/mol. The quantitative estimate of drug-likeness (QED) is 0.820. The van der Waals surface area contributed by atoms with E-state index in [4.69, 9.17) is 0 Å². The number of carbonyl (C=O) groups is 1. The van der Waals surface area contributed by atoms with Gasteiger partial charge in [-0.15, -0.1) is 11.8 Å². The van der Waals surface area contributed by atoms with Crippen molar-refractivity contribution in [3.63, 3.8) is 0 Å². The van der Waals surface area contributed by atoms with Crippen LogP contribution in [0.15, 0.2) is 0 Å². The van der Waals surface area contributed by atoms with E-state index in [9.17, 15) is 4.79 Å². The summed E-state index contributed by atoms with van der Waals surface area (Å²) >= 11 is 1.74. The van der Waals surface area contributed by atoms with Crippen molar-refractivity contribution in [1.82, 2.24) is 10.2 Å². The summed E-state index contributed by atoms with van der Waals surface area (Å²) in [4.78, 5) is 14.3. The van der Waals surface area contributed by atoms with Crippen LogP contribution in [0.3, 0.4) is 0 Å². The van der Waals surface area contributed by atoms with Gasteiger partial charge in [0.15, 0.2) is 0 Å². The maximum Gasteiger partial charge on any atom is 0.232 e. The smallest absolute Gasteiger partial charge is 0.232 e. The van der Waals surface area contributed by atoms with Gasteiger partial charge in [-0.2, -0.15) is 0 Å². The molecule has 3 nitrogen and oxygen atoms in total. The van der Waals surface area contributed by atoms with E-state index in [-0.39, 0.29) is 4.75 Å². The lowest BCUT2D eigenvalue weighted by Crippen LogP contribution is -2.43. The van der Waals surface area contributed by atoms with Gasteiger partial charge in [0.2, 0.25) is 5.91 Å². The van der Waals surface area contributed by atoms with E-state index in [1.54, 1.807) is 11.8 Å². The fraction of sp³-hybridized carbons (Fsp3) is 0.923. The van der Waals surface area contributed by atoms with E-state index >= 15 is 0 Å².